The average molecular weight is 260 g/mol. The first kappa shape index (κ1) is 12.2. The molecule has 0 radical (unpaired) electrons. The number of benzene rings is 1. The Balaban J connectivity index is 2.34. The van der Waals surface area contributed by atoms with Crippen molar-refractivity contribution >= 4 is 23.2 Å². The van der Waals surface area contributed by atoms with E-state index in [-0.39, 0.29) is 18.1 Å². The van der Waals surface area contributed by atoms with Gasteiger partial charge in [0, 0.05) is 21.5 Å². The SMILES string of the molecule is CNC(c1ccc(Cl)cc1Cl)C1(CO)CC1. The van der Waals surface area contributed by atoms with Gasteiger partial charge in [-0.1, -0.05) is 29.3 Å². The van der Waals surface area contributed by atoms with Crippen LogP contribution in [0, 0.1) is 5.41 Å². The lowest BCUT2D eigenvalue weighted by atomic mass is 9.91. The van der Waals surface area contributed by atoms with Gasteiger partial charge in [-0.2, -0.15) is 0 Å². The summed E-state index contributed by atoms with van der Waals surface area (Å²) in [4.78, 5) is 0. The third-order valence-electron chi connectivity index (χ3n) is 3.38. The van der Waals surface area contributed by atoms with Crippen molar-refractivity contribution in [2.45, 2.75) is 18.9 Å². The van der Waals surface area contributed by atoms with Gasteiger partial charge in [0.25, 0.3) is 0 Å². The van der Waals surface area contributed by atoms with Gasteiger partial charge in [0.1, 0.15) is 0 Å². The molecular formula is C12H15Cl2NO. The first-order chi connectivity index (χ1) is 7.63. The third-order valence-corrected chi connectivity index (χ3v) is 3.94. The Labute approximate surface area is 106 Å². The molecule has 2 N–H and O–H groups in total. The van der Waals surface area contributed by atoms with Crippen molar-refractivity contribution in [1.82, 2.24) is 5.32 Å². The second-order valence-electron chi connectivity index (χ2n) is 4.41. The van der Waals surface area contributed by atoms with Crippen LogP contribution in [0.15, 0.2) is 18.2 Å². The Morgan fingerprint density at radius 3 is 2.56 bits per heavy atom. The Bertz CT molecular complexity index is 391. The van der Waals surface area contributed by atoms with E-state index < -0.39 is 0 Å². The number of nitrogens with one attached hydrogen (secondary N) is 1. The molecule has 16 heavy (non-hydrogen) atoms. The molecule has 1 aromatic rings. The molecule has 2 rings (SSSR count). The fourth-order valence-corrected chi connectivity index (χ4v) is 2.74. The Kier molecular flexibility index (Phi) is 3.45. The number of hydrogen-bond acceptors (Lipinski definition) is 2. The summed E-state index contributed by atoms with van der Waals surface area (Å²) >= 11 is 12.1. The van der Waals surface area contributed by atoms with Gasteiger partial charge in [-0.3, -0.25) is 0 Å². The molecule has 0 saturated heterocycles. The van der Waals surface area contributed by atoms with Crippen molar-refractivity contribution in [3.8, 4) is 0 Å². The van der Waals surface area contributed by atoms with Crippen LogP contribution in [-0.4, -0.2) is 18.8 Å². The Morgan fingerprint density at radius 1 is 1.44 bits per heavy atom. The van der Waals surface area contributed by atoms with Gasteiger partial charge in [-0.15, -0.1) is 0 Å². The molecule has 0 spiro atoms. The molecule has 2 nitrogen and oxygen atoms in total. The molecule has 88 valence electrons. The number of aliphatic hydroxyl groups is 1. The van der Waals surface area contributed by atoms with Crippen LogP contribution in [0.1, 0.15) is 24.4 Å². The van der Waals surface area contributed by atoms with Crippen LogP contribution in [0.4, 0.5) is 0 Å². The van der Waals surface area contributed by atoms with Crippen molar-refractivity contribution < 1.29 is 5.11 Å². The third kappa shape index (κ3) is 2.07. The monoisotopic (exact) mass is 259 g/mol. The van der Waals surface area contributed by atoms with E-state index in [0.29, 0.717) is 10.0 Å². The zero-order valence-electron chi connectivity index (χ0n) is 9.13. The maximum absolute atomic E-state index is 9.46. The van der Waals surface area contributed by atoms with E-state index in [0.717, 1.165) is 18.4 Å². The molecule has 1 fully saturated rings. The molecule has 1 aromatic carbocycles. The lowest BCUT2D eigenvalue weighted by molar-refractivity contribution is 0.175. The van der Waals surface area contributed by atoms with E-state index in [1.54, 1.807) is 6.07 Å². The van der Waals surface area contributed by atoms with Crippen molar-refractivity contribution in [1.29, 1.82) is 0 Å². The lowest BCUT2D eigenvalue weighted by Gasteiger charge is -2.26. The van der Waals surface area contributed by atoms with Crippen molar-refractivity contribution in [2.75, 3.05) is 13.7 Å². The largest absolute Gasteiger partial charge is 0.396 e. The standard InChI is InChI=1S/C12H15Cl2NO/c1-15-11(12(7-16)4-5-12)9-3-2-8(13)6-10(9)14/h2-3,6,11,15-16H,4-5,7H2,1H3. The van der Waals surface area contributed by atoms with Crippen LogP contribution in [0.3, 0.4) is 0 Å². The highest BCUT2D eigenvalue weighted by atomic mass is 35.5. The molecule has 1 aliphatic carbocycles. The number of halogens is 2. The van der Waals surface area contributed by atoms with Gasteiger partial charge < -0.3 is 10.4 Å². The normalized spacial score (nSPS) is 19.5. The number of hydrogen-bond donors (Lipinski definition) is 2. The zero-order chi connectivity index (χ0) is 11.8. The summed E-state index contributed by atoms with van der Waals surface area (Å²) < 4.78 is 0. The summed E-state index contributed by atoms with van der Waals surface area (Å²) in [7, 11) is 1.89. The summed E-state index contributed by atoms with van der Waals surface area (Å²) in [5, 5.41) is 14.0. The summed E-state index contributed by atoms with van der Waals surface area (Å²) in [6, 6.07) is 5.61. The van der Waals surface area contributed by atoms with Gasteiger partial charge >= 0.3 is 0 Å². The molecule has 1 aliphatic rings. The minimum atomic E-state index is -0.0355. The Hall–Kier alpha value is -0.280. The predicted molar refractivity (Wildman–Crippen MR) is 67.0 cm³/mol. The summed E-state index contributed by atoms with van der Waals surface area (Å²) in [6.45, 7) is 0.192. The van der Waals surface area contributed by atoms with Crippen LogP contribution < -0.4 is 5.32 Å². The fourth-order valence-electron chi connectivity index (χ4n) is 2.23. The molecule has 0 heterocycles. The quantitative estimate of drug-likeness (QED) is 0.872. The van der Waals surface area contributed by atoms with E-state index in [1.807, 2.05) is 19.2 Å². The van der Waals surface area contributed by atoms with Crippen LogP contribution in [0.2, 0.25) is 10.0 Å². The van der Waals surface area contributed by atoms with Crippen molar-refractivity contribution in [2.24, 2.45) is 5.41 Å². The van der Waals surface area contributed by atoms with Crippen LogP contribution in [-0.2, 0) is 0 Å². The van der Waals surface area contributed by atoms with Gasteiger partial charge in [0.15, 0.2) is 0 Å². The van der Waals surface area contributed by atoms with Crippen molar-refractivity contribution in [3.05, 3.63) is 33.8 Å². The summed E-state index contributed by atoms with van der Waals surface area (Å²) in [6.07, 6.45) is 2.07. The predicted octanol–water partition coefficient (Wildman–Crippen LogP) is 3.03. The minimum Gasteiger partial charge on any atom is -0.396 e. The second-order valence-corrected chi connectivity index (χ2v) is 5.25. The highest BCUT2D eigenvalue weighted by Crippen LogP contribution is 2.55. The van der Waals surface area contributed by atoms with Gasteiger partial charge in [-0.05, 0) is 37.6 Å². The summed E-state index contributed by atoms with van der Waals surface area (Å²) in [5.74, 6) is 0. The summed E-state index contributed by atoms with van der Waals surface area (Å²) in [5.41, 5.74) is 0.979. The maximum Gasteiger partial charge on any atom is 0.0505 e. The van der Waals surface area contributed by atoms with Gasteiger partial charge in [0.2, 0.25) is 0 Å². The lowest BCUT2D eigenvalue weighted by Crippen LogP contribution is -2.29. The van der Waals surface area contributed by atoms with Crippen LogP contribution in [0.5, 0.6) is 0 Å². The molecule has 0 aliphatic heterocycles. The highest BCUT2D eigenvalue weighted by molar-refractivity contribution is 6.35. The average Bonchev–Trinajstić information content (AvgIpc) is 3.03. The fraction of sp³-hybridized carbons (Fsp3) is 0.500. The van der Waals surface area contributed by atoms with E-state index in [1.165, 1.54) is 0 Å². The Morgan fingerprint density at radius 2 is 2.12 bits per heavy atom. The minimum absolute atomic E-state index is 0.0355. The first-order valence-corrected chi connectivity index (χ1v) is 6.11. The van der Waals surface area contributed by atoms with Crippen LogP contribution in [0.25, 0.3) is 0 Å². The molecular weight excluding hydrogens is 245 g/mol. The zero-order valence-corrected chi connectivity index (χ0v) is 10.6. The second kappa shape index (κ2) is 4.53. The van der Waals surface area contributed by atoms with Gasteiger partial charge in [0.05, 0.1) is 6.61 Å². The van der Waals surface area contributed by atoms with Gasteiger partial charge in [-0.25, -0.2) is 0 Å². The molecule has 1 atom stereocenters. The number of rotatable bonds is 4. The maximum atomic E-state index is 9.46. The topological polar surface area (TPSA) is 32.3 Å². The highest BCUT2D eigenvalue weighted by Gasteiger charge is 2.49. The molecule has 4 heteroatoms. The smallest absolute Gasteiger partial charge is 0.0505 e. The first-order valence-electron chi connectivity index (χ1n) is 5.36. The molecule has 1 saturated carbocycles. The van der Waals surface area contributed by atoms with Crippen molar-refractivity contribution in [3.63, 3.8) is 0 Å². The van der Waals surface area contributed by atoms with E-state index >= 15 is 0 Å². The molecule has 0 aromatic heterocycles. The molecule has 0 amide bonds. The van der Waals surface area contributed by atoms with E-state index in [9.17, 15) is 5.11 Å². The molecule has 0 bridgehead atoms. The van der Waals surface area contributed by atoms with Crippen LogP contribution >= 0.6 is 23.2 Å². The molecule has 1 unspecified atom stereocenters. The van der Waals surface area contributed by atoms with E-state index in [2.05, 4.69) is 5.32 Å². The van der Waals surface area contributed by atoms with E-state index in [4.69, 9.17) is 23.2 Å². The number of aliphatic hydroxyl groups excluding tert-OH is 1.